The van der Waals surface area contributed by atoms with Gasteiger partial charge in [0.2, 0.25) is 0 Å². The van der Waals surface area contributed by atoms with Crippen LogP contribution >= 0.6 is 27.5 Å². The van der Waals surface area contributed by atoms with Gasteiger partial charge in [0.1, 0.15) is 24.0 Å². The molecule has 132 valence electrons. The van der Waals surface area contributed by atoms with Crippen LogP contribution in [-0.4, -0.2) is 11.9 Å². The number of nitrogens with two attached hydrogens (primary N) is 1. The molecule has 0 atom stereocenters. The lowest BCUT2D eigenvalue weighted by atomic mass is 10.1. The van der Waals surface area contributed by atoms with E-state index in [1.54, 1.807) is 36.4 Å². The molecule has 8 heteroatoms. The number of primary amides is 1. The Balaban J connectivity index is 2.11. The quantitative estimate of drug-likeness (QED) is 0.552. The summed E-state index contributed by atoms with van der Waals surface area (Å²) in [5, 5.41) is 11.5. The Bertz CT molecular complexity index is 905. The first kappa shape index (κ1) is 19.5. The minimum absolute atomic E-state index is 0.245. The van der Waals surface area contributed by atoms with Gasteiger partial charge in [-0.1, -0.05) is 29.8 Å². The predicted molar refractivity (Wildman–Crippen MR) is 101 cm³/mol. The number of nitriles is 1. The van der Waals surface area contributed by atoms with Crippen LogP contribution in [0, 0.1) is 11.3 Å². The first-order chi connectivity index (χ1) is 12.4. The molecule has 0 aliphatic heterocycles. The normalized spacial score (nSPS) is 10.7. The second-order valence-electron chi connectivity index (χ2n) is 5.09. The van der Waals surface area contributed by atoms with E-state index in [-0.39, 0.29) is 5.57 Å². The molecule has 2 aromatic rings. The van der Waals surface area contributed by atoms with Crippen molar-refractivity contribution < 1.29 is 14.3 Å². The fourth-order valence-corrected chi connectivity index (χ4v) is 2.60. The molecule has 0 spiro atoms. The van der Waals surface area contributed by atoms with Crippen LogP contribution in [0.25, 0.3) is 6.08 Å². The van der Waals surface area contributed by atoms with E-state index in [0.717, 1.165) is 5.56 Å². The summed E-state index contributed by atoms with van der Waals surface area (Å²) in [5.74, 6) is -0.267. The summed E-state index contributed by atoms with van der Waals surface area (Å²) in [7, 11) is 0. The molecular weight excluding hydrogens is 422 g/mol. The van der Waals surface area contributed by atoms with E-state index in [1.165, 1.54) is 6.08 Å². The van der Waals surface area contributed by atoms with Gasteiger partial charge in [-0.25, -0.2) is 4.79 Å². The van der Waals surface area contributed by atoms with Gasteiger partial charge in [0, 0.05) is 5.02 Å². The summed E-state index contributed by atoms with van der Waals surface area (Å²) in [6.07, 6.45) is 1.34. The smallest absolute Gasteiger partial charge is 0.319 e. The Morgan fingerprint density at radius 1 is 1.27 bits per heavy atom. The summed E-state index contributed by atoms with van der Waals surface area (Å²) in [4.78, 5) is 22.4. The van der Waals surface area contributed by atoms with Gasteiger partial charge in [0.25, 0.3) is 5.91 Å². The number of urea groups is 1. The Morgan fingerprint density at radius 2 is 1.96 bits per heavy atom. The van der Waals surface area contributed by atoms with Gasteiger partial charge in [-0.3, -0.25) is 10.1 Å². The van der Waals surface area contributed by atoms with E-state index in [0.29, 0.717) is 27.4 Å². The van der Waals surface area contributed by atoms with E-state index in [4.69, 9.17) is 27.3 Å². The van der Waals surface area contributed by atoms with Crippen molar-refractivity contribution in [3.8, 4) is 11.8 Å². The lowest BCUT2D eigenvalue weighted by molar-refractivity contribution is -0.115. The first-order valence-corrected chi connectivity index (χ1v) is 8.45. The largest absolute Gasteiger partial charge is 0.488 e. The van der Waals surface area contributed by atoms with Crippen molar-refractivity contribution in [1.29, 1.82) is 5.26 Å². The van der Waals surface area contributed by atoms with Gasteiger partial charge in [-0.15, -0.1) is 0 Å². The number of halogens is 2. The number of carbonyl (C=O) groups is 2. The molecule has 6 nitrogen and oxygen atoms in total. The Hall–Kier alpha value is -2.82. The SMILES string of the molecule is N#C/C(=C/c1ccc(OCc2ccc(Cl)cc2)c(Br)c1)C(=O)NC(N)=O. The molecule has 0 saturated carbocycles. The summed E-state index contributed by atoms with van der Waals surface area (Å²) < 4.78 is 6.38. The van der Waals surface area contributed by atoms with E-state index >= 15 is 0 Å². The van der Waals surface area contributed by atoms with Crippen LogP contribution in [0.2, 0.25) is 5.02 Å². The van der Waals surface area contributed by atoms with Gasteiger partial charge in [-0.2, -0.15) is 5.26 Å². The van der Waals surface area contributed by atoms with E-state index in [1.807, 2.05) is 17.4 Å². The fraction of sp³-hybridized carbons (Fsp3) is 0.0556. The molecule has 0 radical (unpaired) electrons. The second-order valence-corrected chi connectivity index (χ2v) is 6.38. The number of benzene rings is 2. The predicted octanol–water partition coefficient (Wildman–Crippen LogP) is 3.78. The zero-order valence-corrected chi connectivity index (χ0v) is 15.7. The van der Waals surface area contributed by atoms with Crippen molar-refractivity contribution in [2.45, 2.75) is 6.61 Å². The second kappa shape index (κ2) is 9.04. The maximum Gasteiger partial charge on any atom is 0.319 e. The minimum Gasteiger partial charge on any atom is -0.488 e. The third-order valence-electron chi connectivity index (χ3n) is 3.18. The summed E-state index contributed by atoms with van der Waals surface area (Å²) >= 11 is 9.23. The molecule has 0 saturated heterocycles. The molecule has 2 aromatic carbocycles. The topological polar surface area (TPSA) is 105 Å². The molecule has 26 heavy (non-hydrogen) atoms. The summed E-state index contributed by atoms with van der Waals surface area (Å²) in [6, 6.07) is 13.1. The van der Waals surface area contributed by atoms with Crippen LogP contribution < -0.4 is 15.8 Å². The molecule has 0 unspecified atom stereocenters. The van der Waals surface area contributed by atoms with E-state index in [2.05, 4.69) is 15.9 Å². The number of amides is 3. The summed E-state index contributed by atoms with van der Waals surface area (Å²) in [6.45, 7) is 0.357. The van der Waals surface area contributed by atoms with Crippen molar-refractivity contribution >= 4 is 45.5 Å². The highest BCUT2D eigenvalue weighted by molar-refractivity contribution is 9.10. The number of ether oxygens (including phenoxy) is 1. The molecule has 3 N–H and O–H groups in total. The van der Waals surface area contributed by atoms with Gasteiger partial charge >= 0.3 is 6.03 Å². The number of rotatable bonds is 5. The molecule has 0 aliphatic rings. The monoisotopic (exact) mass is 433 g/mol. The van der Waals surface area contributed by atoms with Crippen LogP contribution in [0.5, 0.6) is 5.75 Å². The zero-order chi connectivity index (χ0) is 19.1. The van der Waals surface area contributed by atoms with Gasteiger partial charge in [-0.05, 0) is 57.4 Å². The van der Waals surface area contributed by atoms with Crippen molar-refractivity contribution in [1.82, 2.24) is 5.32 Å². The van der Waals surface area contributed by atoms with Gasteiger partial charge in [0.05, 0.1) is 4.47 Å². The van der Waals surface area contributed by atoms with E-state index < -0.39 is 11.9 Å². The number of imide groups is 1. The molecular formula is C18H13BrClN3O3. The number of nitrogens with one attached hydrogen (secondary N) is 1. The molecule has 0 bridgehead atoms. The zero-order valence-electron chi connectivity index (χ0n) is 13.3. The summed E-state index contributed by atoms with van der Waals surface area (Å²) in [5.41, 5.74) is 6.16. The van der Waals surface area contributed by atoms with E-state index in [9.17, 15) is 9.59 Å². The van der Waals surface area contributed by atoms with Crippen molar-refractivity contribution in [3.05, 3.63) is 68.7 Å². The first-order valence-electron chi connectivity index (χ1n) is 7.28. The van der Waals surface area contributed by atoms with Crippen LogP contribution in [0.3, 0.4) is 0 Å². The van der Waals surface area contributed by atoms with Crippen LogP contribution in [0.4, 0.5) is 4.79 Å². The molecule has 2 rings (SSSR count). The Morgan fingerprint density at radius 3 is 2.54 bits per heavy atom. The molecule has 0 fully saturated rings. The van der Waals surface area contributed by atoms with Gasteiger partial charge in [0.15, 0.2) is 0 Å². The average molecular weight is 435 g/mol. The lowest BCUT2D eigenvalue weighted by Crippen LogP contribution is -2.35. The third kappa shape index (κ3) is 5.62. The average Bonchev–Trinajstić information content (AvgIpc) is 2.59. The van der Waals surface area contributed by atoms with Gasteiger partial charge < -0.3 is 10.5 Å². The van der Waals surface area contributed by atoms with Crippen LogP contribution in [0.15, 0.2) is 52.5 Å². The van der Waals surface area contributed by atoms with Crippen molar-refractivity contribution in [3.63, 3.8) is 0 Å². The molecule has 0 aromatic heterocycles. The number of hydrogen-bond donors (Lipinski definition) is 2. The Labute approximate surface area is 163 Å². The maximum atomic E-state index is 11.7. The van der Waals surface area contributed by atoms with Crippen molar-refractivity contribution in [2.75, 3.05) is 0 Å². The highest BCUT2D eigenvalue weighted by atomic mass is 79.9. The number of nitrogens with zero attached hydrogens (tertiary/aromatic N) is 1. The van der Waals surface area contributed by atoms with Crippen LogP contribution in [-0.2, 0) is 11.4 Å². The standard InChI is InChI=1S/C18H13BrClN3O3/c19-15-8-12(7-13(9-21)17(24)23-18(22)25)3-6-16(15)26-10-11-1-4-14(20)5-2-11/h1-8H,10H2,(H3,22,23,24,25)/b13-7-. The lowest BCUT2D eigenvalue weighted by Gasteiger charge is -2.09. The molecule has 3 amide bonds. The Kier molecular flexibility index (Phi) is 6.78. The fourth-order valence-electron chi connectivity index (χ4n) is 1.96. The van der Waals surface area contributed by atoms with Crippen LogP contribution in [0.1, 0.15) is 11.1 Å². The maximum absolute atomic E-state index is 11.7. The highest BCUT2D eigenvalue weighted by Crippen LogP contribution is 2.28. The van der Waals surface area contributed by atoms with Crippen molar-refractivity contribution in [2.24, 2.45) is 5.73 Å². The number of hydrogen-bond acceptors (Lipinski definition) is 4. The molecule has 0 aliphatic carbocycles. The minimum atomic E-state index is -1.02. The number of carbonyl (C=O) groups excluding carboxylic acids is 2. The third-order valence-corrected chi connectivity index (χ3v) is 4.05. The molecule has 0 heterocycles. The highest BCUT2D eigenvalue weighted by Gasteiger charge is 2.11.